The second-order valence-electron chi connectivity index (χ2n) is 4.54. The monoisotopic (exact) mass is 493 g/mol. The van der Waals surface area contributed by atoms with Crippen LogP contribution in [0.1, 0.15) is 0 Å². The molecule has 1 rings (SSSR count). The van der Waals surface area contributed by atoms with Gasteiger partial charge < -0.3 is 4.55 Å². The predicted octanol–water partition coefficient (Wildman–Crippen LogP) is -0.730. The van der Waals surface area contributed by atoms with E-state index < -0.39 is 55.6 Å². The fraction of sp³-hybridized carbons (Fsp3) is 0.556. The maximum absolute atomic E-state index is 12.8. The van der Waals surface area contributed by atoms with Crippen molar-refractivity contribution in [2.24, 2.45) is 5.92 Å². The van der Waals surface area contributed by atoms with E-state index in [4.69, 9.17) is 11.6 Å². The average Bonchev–Trinajstić information content (AvgIpc) is 2.79. The zero-order chi connectivity index (χ0) is 20.6. The Kier molecular flexibility index (Phi) is 9.56. The van der Waals surface area contributed by atoms with Crippen molar-refractivity contribution < 1.29 is 81.5 Å². The van der Waals surface area contributed by atoms with Crippen LogP contribution in [0.15, 0.2) is 16.3 Å². The molecule has 1 atom stereocenters. The molecule has 0 aromatic carbocycles. The first-order chi connectivity index (χ1) is 11.4. The number of hydrogen-bond acceptors (Lipinski definition) is 7. The molecule has 0 amide bonds. The van der Waals surface area contributed by atoms with Crippen molar-refractivity contribution in [3.05, 3.63) is 16.5 Å². The van der Waals surface area contributed by atoms with Crippen LogP contribution in [0, 0.1) is 5.92 Å². The third-order valence-electron chi connectivity index (χ3n) is 2.62. The third kappa shape index (κ3) is 8.71. The van der Waals surface area contributed by atoms with Crippen molar-refractivity contribution >= 4 is 43.4 Å². The molecule has 0 fully saturated rings. The summed E-state index contributed by atoms with van der Waals surface area (Å²) >= 11 is 5.77. The van der Waals surface area contributed by atoms with Crippen molar-refractivity contribution in [1.29, 1.82) is 0 Å². The molecule has 1 N–H and O–H groups in total. The Morgan fingerprint density at radius 2 is 1.59 bits per heavy atom. The second-order valence-corrected chi connectivity index (χ2v) is 9.25. The van der Waals surface area contributed by atoms with E-state index in [1.165, 1.54) is 0 Å². The van der Waals surface area contributed by atoms with E-state index in [-0.39, 0.29) is 33.9 Å². The molecule has 7 nitrogen and oxygen atoms in total. The van der Waals surface area contributed by atoms with Crippen molar-refractivity contribution in [2.45, 2.75) is 22.6 Å². The fourth-order valence-corrected chi connectivity index (χ4v) is 4.74. The van der Waals surface area contributed by atoms with Crippen LogP contribution < -0.4 is 34.3 Å². The smallest absolute Gasteiger partial charge is 0.726 e. The first-order valence-electron chi connectivity index (χ1n) is 5.95. The zero-order valence-corrected chi connectivity index (χ0v) is 18.0. The summed E-state index contributed by atoms with van der Waals surface area (Å²) in [6.45, 7) is -2.03. The van der Waals surface area contributed by atoms with E-state index >= 15 is 0 Å². The van der Waals surface area contributed by atoms with Gasteiger partial charge in [-0.2, -0.15) is 26.3 Å². The average molecular weight is 494 g/mol. The van der Waals surface area contributed by atoms with Crippen LogP contribution in [0.5, 0.6) is 0 Å². The van der Waals surface area contributed by atoms with Gasteiger partial charge in [-0.25, -0.2) is 21.6 Å². The molecule has 0 spiro atoms. The number of nitrogens with one attached hydrogen (secondary N) is 1. The minimum atomic E-state index is -6.03. The summed E-state index contributed by atoms with van der Waals surface area (Å²) in [6.07, 6.45) is -12.1. The molecule has 0 radical (unpaired) electrons. The predicted molar refractivity (Wildman–Crippen MR) is 74.7 cm³/mol. The van der Waals surface area contributed by atoms with Crippen LogP contribution in [0.25, 0.3) is 0 Å². The van der Waals surface area contributed by atoms with E-state index in [1.807, 2.05) is 0 Å². The molecule has 0 aliphatic rings. The van der Waals surface area contributed by atoms with E-state index in [0.717, 1.165) is 16.9 Å². The summed E-state index contributed by atoms with van der Waals surface area (Å²) in [5.74, 6) is -4.35. The van der Waals surface area contributed by atoms with Gasteiger partial charge in [0, 0.05) is 0 Å². The van der Waals surface area contributed by atoms with Gasteiger partial charge in [-0.05, 0) is 12.1 Å². The van der Waals surface area contributed by atoms with Gasteiger partial charge in [0.2, 0.25) is 20.4 Å². The van der Waals surface area contributed by atoms with Crippen LogP contribution in [0.3, 0.4) is 0 Å². The molecule has 0 aliphatic carbocycles. The second kappa shape index (κ2) is 9.44. The normalized spacial score (nSPS) is 14.9. The number of thiophene rings is 1. The largest absolute Gasteiger partial charge is 1.00 e. The van der Waals surface area contributed by atoms with Crippen LogP contribution >= 0.6 is 22.9 Å². The molecule has 27 heavy (non-hydrogen) atoms. The van der Waals surface area contributed by atoms with Crippen LogP contribution in [0.2, 0.25) is 4.34 Å². The molecule has 1 heterocycles. The Balaban J connectivity index is 0.00000676. The quantitative estimate of drug-likeness (QED) is 0.232. The summed E-state index contributed by atoms with van der Waals surface area (Å²) in [6, 6.07) is -1.38. The standard InChI is InChI=1S/C9H8ClF6NO6S3.Na/c10-5-1-2-6(24-5)25(18,19)17-4(3-23-26(20,21)22)7(8(11,12)13)9(14,15)16;/h1-2,4,7,17H,3H2,(H,20,21,22);/q;+1/p-1/t4-;/m1./s1. The van der Waals surface area contributed by atoms with Crippen LogP contribution in [-0.4, -0.2) is 46.4 Å². The molecule has 0 unspecified atom stereocenters. The van der Waals surface area contributed by atoms with Crippen molar-refractivity contribution in [3.8, 4) is 0 Å². The van der Waals surface area contributed by atoms with E-state index in [0.29, 0.717) is 11.3 Å². The Morgan fingerprint density at radius 1 is 1.11 bits per heavy atom. The molecule has 0 bridgehead atoms. The first-order valence-corrected chi connectivity index (χ1v) is 9.96. The van der Waals surface area contributed by atoms with Gasteiger partial charge in [-0.3, -0.25) is 4.18 Å². The van der Waals surface area contributed by atoms with Gasteiger partial charge in [0.05, 0.1) is 17.0 Å². The van der Waals surface area contributed by atoms with E-state index in [1.54, 1.807) is 0 Å². The molecule has 0 aliphatic heterocycles. The molecule has 18 heteroatoms. The minimum Gasteiger partial charge on any atom is -0.726 e. The zero-order valence-electron chi connectivity index (χ0n) is 12.8. The summed E-state index contributed by atoms with van der Waals surface area (Å²) < 4.78 is 135. The third-order valence-corrected chi connectivity index (χ3v) is 6.26. The summed E-state index contributed by atoms with van der Waals surface area (Å²) in [7, 11) is -10.7. The van der Waals surface area contributed by atoms with Crippen LogP contribution in [-0.2, 0) is 24.6 Å². The Morgan fingerprint density at radius 3 is 1.93 bits per heavy atom. The summed E-state index contributed by atoms with van der Waals surface area (Å²) in [5.41, 5.74) is 0. The summed E-state index contributed by atoms with van der Waals surface area (Å²) in [5, 5.41) is 0. The van der Waals surface area contributed by atoms with E-state index in [2.05, 4.69) is 4.18 Å². The minimum absolute atomic E-state index is 0. The van der Waals surface area contributed by atoms with Gasteiger partial charge >= 0.3 is 41.9 Å². The van der Waals surface area contributed by atoms with Crippen molar-refractivity contribution in [3.63, 3.8) is 0 Å². The van der Waals surface area contributed by atoms with Crippen LogP contribution in [0.4, 0.5) is 26.3 Å². The molecule has 152 valence electrons. The SMILES string of the molecule is O=S(=O)([O-])OC[C@@H](NS(=O)(=O)c1ccc(Cl)s1)C(C(F)(F)F)C(F)(F)F.[Na+]. The number of hydrogen-bond donors (Lipinski definition) is 1. The molecule has 1 aromatic heterocycles. The Bertz CT molecular complexity index is 825. The van der Waals surface area contributed by atoms with Gasteiger partial charge in [0.15, 0.2) is 5.92 Å². The molecule has 1 aromatic rings. The number of halogens is 7. The molecule has 0 saturated heterocycles. The first kappa shape index (κ1) is 27.4. The Hall–Kier alpha value is 0.350. The van der Waals surface area contributed by atoms with Gasteiger partial charge in [0.1, 0.15) is 4.21 Å². The van der Waals surface area contributed by atoms with Crippen molar-refractivity contribution in [2.75, 3.05) is 6.61 Å². The van der Waals surface area contributed by atoms with Gasteiger partial charge in [-0.15, -0.1) is 11.3 Å². The van der Waals surface area contributed by atoms with Gasteiger partial charge in [-0.1, -0.05) is 11.6 Å². The summed E-state index contributed by atoms with van der Waals surface area (Å²) in [4.78, 5) is 0. The maximum atomic E-state index is 12.8. The van der Waals surface area contributed by atoms with Crippen molar-refractivity contribution in [1.82, 2.24) is 4.72 Å². The molecule has 0 saturated carbocycles. The molecular weight excluding hydrogens is 487 g/mol. The van der Waals surface area contributed by atoms with Gasteiger partial charge in [0.25, 0.3) is 0 Å². The Labute approximate surface area is 180 Å². The van der Waals surface area contributed by atoms with E-state index in [9.17, 15) is 47.7 Å². The topological polar surface area (TPSA) is 113 Å². The maximum Gasteiger partial charge on any atom is 1.00 e. The number of sulfonamides is 1. The number of rotatable bonds is 7. The molecular formula is C9H7ClF6NNaO6S3. The number of alkyl halides is 6. The fourth-order valence-electron chi connectivity index (χ4n) is 1.70.